The summed E-state index contributed by atoms with van der Waals surface area (Å²) in [6.07, 6.45) is 6.60. The summed E-state index contributed by atoms with van der Waals surface area (Å²) in [4.78, 5) is 9.36. The Morgan fingerprint density at radius 1 is 1.11 bits per heavy atom. The molecule has 4 nitrogen and oxygen atoms in total. The van der Waals surface area contributed by atoms with Crippen molar-refractivity contribution in [3.8, 4) is 0 Å². The molecular weight excluding hydrogens is 298 g/mol. The smallest absolute Gasteiger partial charge is 0.302 e. The summed E-state index contributed by atoms with van der Waals surface area (Å²) >= 11 is 11.3. The van der Waals surface area contributed by atoms with E-state index in [1.165, 1.54) is 19.3 Å². The van der Waals surface area contributed by atoms with Gasteiger partial charge in [-0.15, -0.1) is 0 Å². The quantitative estimate of drug-likeness (QED) is 0.330. The highest BCUT2D eigenvalue weighted by atomic mass is 35.5. The first kappa shape index (κ1) is 18.7. The lowest BCUT2D eigenvalue weighted by atomic mass is 10.1. The molecule has 0 aliphatic heterocycles. The van der Waals surface area contributed by atoms with Crippen molar-refractivity contribution in [2.24, 2.45) is 0 Å². The van der Waals surface area contributed by atoms with Gasteiger partial charge in [0.25, 0.3) is 0 Å². The Balaban J connectivity index is 3.68. The number of rotatable bonds is 11. The summed E-state index contributed by atoms with van der Waals surface area (Å²) in [6, 6.07) is 0. The summed E-state index contributed by atoms with van der Waals surface area (Å²) in [5.74, 6) is 0. The molecule has 0 aromatic heterocycles. The molecule has 0 spiro atoms. The van der Waals surface area contributed by atoms with Gasteiger partial charge in [0.05, 0.1) is 6.61 Å². The molecule has 0 rings (SSSR count). The second-order valence-electron chi connectivity index (χ2n) is 4.15. The fraction of sp³-hybridized carbons (Fsp3) is 1.00. The van der Waals surface area contributed by atoms with E-state index in [4.69, 9.17) is 27.7 Å². The predicted octanol–water partition coefficient (Wildman–Crippen LogP) is 5.02. The Morgan fingerprint density at radius 2 is 1.67 bits per heavy atom. The van der Waals surface area contributed by atoms with Crippen molar-refractivity contribution in [3.05, 3.63) is 0 Å². The van der Waals surface area contributed by atoms with E-state index in [0.29, 0.717) is 0 Å². The Morgan fingerprint density at radius 3 is 2.22 bits per heavy atom. The number of halogens is 2. The van der Waals surface area contributed by atoms with Gasteiger partial charge in [-0.2, -0.15) is 0 Å². The van der Waals surface area contributed by atoms with Gasteiger partial charge < -0.3 is 4.89 Å². The van der Waals surface area contributed by atoms with Gasteiger partial charge in [-0.3, -0.25) is 4.52 Å². The Hall–Kier alpha value is 0.690. The van der Waals surface area contributed by atoms with E-state index < -0.39 is 12.3 Å². The summed E-state index contributed by atoms with van der Waals surface area (Å²) in [6.45, 7) is 3.97. The van der Waals surface area contributed by atoms with Gasteiger partial charge in [0.15, 0.2) is 0 Å². The number of phosphoric acid groups is 1. The first-order valence-corrected chi connectivity index (χ1v) is 8.64. The van der Waals surface area contributed by atoms with Gasteiger partial charge in [-0.25, -0.2) is 9.09 Å². The monoisotopic (exact) mass is 320 g/mol. The molecule has 0 heterocycles. The van der Waals surface area contributed by atoms with E-state index >= 15 is 0 Å². The molecule has 1 N–H and O–H groups in total. The molecule has 1 atom stereocenters. The van der Waals surface area contributed by atoms with Crippen LogP contribution in [0.5, 0.6) is 0 Å². The summed E-state index contributed by atoms with van der Waals surface area (Å²) in [5.41, 5.74) is 0. The van der Waals surface area contributed by atoms with Crippen LogP contribution in [0.4, 0.5) is 0 Å². The molecule has 0 aliphatic rings. The van der Waals surface area contributed by atoms with Crippen molar-refractivity contribution in [3.63, 3.8) is 0 Å². The molecule has 0 fully saturated rings. The Kier molecular flexibility index (Phi) is 9.94. The molecule has 1 unspecified atom stereocenters. The zero-order valence-corrected chi connectivity index (χ0v) is 13.4. The van der Waals surface area contributed by atoms with Crippen molar-refractivity contribution in [2.45, 2.75) is 63.3 Å². The molecular formula is C11H23Cl2O4P. The van der Waals surface area contributed by atoms with Gasteiger partial charge >= 0.3 is 7.82 Å². The van der Waals surface area contributed by atoms with Crippen LogP contribution in [0.25, 0.3) is 0 Å². The summed E-state index contributed by atoms with van der Waals surface area (Å²) in [5, 5.41) is 0. The van der Waals surface area contributed by atoms with Crippen molar-refractivity contribution in [1.29, 1.82) is 0 Å². The van der Waals surface area contributed by atoms with Crippen molar-refractivity contribution < 1.29 is 18.5 Å². The Bertz CT molecular complexity index is 261. The lowest BCUT2D eigenvalue weighted by molar-refractivity contribution is 0.117. The summed E-state index contributed by atoms with van der Waals surface area (Å²) < 4.78 is 19.2. The summed E-state index contributed by atoms with van der Waals surface area (Å²) in [7, 11) is -4.16. The average molecular weight is 321 g/mol. The SMILES string of the molecule is CCCCCCCCOP(=O)(O)OC(Cl)(Cl)CC. The molecule has 0 saturated carbocycles. The molecule has 0 bridgehead atoms. The zero-order valence-electron chi connectivity index (χ0n) is 11.0. The van der Waals surface area contributed by atoms with E-state index in [0.717, 1.165) is 19.3 Å². The molecule has 0 aromatic rings. The second kappa shape index (κ2) is 9.57. The maximum Gasteiger partial charge on any atom is 0.474 e. The third-order valence-electron chi connectivity index (χ3n) is 2.41. The van der Waals surface area contributed by atoms with Gasteiger partial charge in [-0.05, 0) is 6.42 Å². The number of hydrogen-bond acceptors (Lipinski definition) is 3. The number of alkyl halides is 2. The lowest BCUT2D eigenvalue weighted by Crippen LogP contribution is -2.15. The third kappa shape index (κ3) is 10.6. The second-order valence-corrected chi connectivity index (χ2v) is 6.94. The number of hydrogen-bond donors (Lipinski definition) is 1. The molecule has 110 valence electrons. The minimum absolute atomic E-state index is 0.174. The van der Waals surface area contributed by atoms with E-state index in [1.54, 1.807) is 6.92 Å². The number of phosphoric ester groups is 1. The minimum Gasteiger partial charge on any atom is -0.302 e. The maximum atomic E-state index is 11.5. The van der Waals surface area contributed by atoms with Crippen LogP contribution in [-0.2, 0) is 13.6 Å². The first-order chi connectivity index (χ1) is 8.33. The van der Waals surface area contributed by atoms with E-state index in [-0.39, 0.29) is 13.0 Å². The predicted molar refractivity (Wildman–Crippen MR) is 75.0 cm³/mol. The molecule has 0 amide bonds. The molecule has 0 radical (unpaired) electrons. The van der Waals surface area contributed by atoms with Crippen LogP contribution in [-0.4, -0.2) is 16.0 Å². The molecule has 0 saturated heterocycles. The van der Waals surface area contributed by atoms with Crippen LogP contribution in [0, 0.1) is 0 Å². The lowest BCUT2D eigenvalue weighted by Gasteiger charge is -2.21. The van der Waals surface area contributed by atoms with Crippen LogP contribution in [0.1, 0.15) is 58.8 Å². The van der Waals surface area contributed by atoms with Crippen molar-refractivity contribution in [2.75, 3.05) is 6.61 Å². The largest absolute Gasteiger partial charge is 0.474 e. The molecule has 18 heavy (non-hydrogen) atoms. The van der Waals surface area contributed by atoms with Gasteiger partial charge in [0.2, 0.25) is 4.52 Å². The molecule has 0 aliphatic carbocycles. The van der Waals surface area contributed by atoms with Gasteiger partial charge in [-0.1, -0.05) is 69.2 Å². The normalized spacial score (nSPS) is 15.6. The van der Waals surface area contributed by atoms with Crippen molar-refractivity contribution in [1.82, 2.24) is 0 Å². The molecule has 7 heteroatoms. The van der Waals surface area contributed by atoms with E-state index in [1.807, 2.05) is 0 Å². The van der Waals surface area contributed by atoms with Crippen LogP contribution >= 0.6 is 31.0 Å². The number of unbranched alkanes of at least 4 members (excludes halogenated alkanes) is 5. The van der Waals surface area contributed by atoms with E-state index in [9.17, 15) is 9.46 Å². The third-order valence-corrected chi connectivity index (χ3v) is 4.37. The zero-order chi connectivity index (χ0) is 14.1. The maximum absolute atomic E-state index is 11.5. The highest BCUT2D eigenvalue weighted by molar-refractivity contribution is 7.47. The van der Waals surface area contributed by atoms with Gasteiger partial charge in [0.1, 0.15) is 0 Å². The highest BCUT2D eigenvalue weighted by Gasteiger charge is 2.34. The standard InChI is InChI=1S/C11H23Cl2O4P/c1-3-5-6-7-8-9-10-16-18(14,15)17-11(12,13)4-2/h3-10H2,1-2H3,(H,14,15). The molecule has 0 aromatic carbocycles. The van der Waals surface area contributed by atoms with Gasteiger partial charge in [0, 0.05) is 6.42 Å². The van der Waals surface area contributed by atoms with Crippen LogP contribution in [0.2, 0.25) is 0 Å². The first-order valence-electron chi connectivity index (χ1n) is 6.39. The van der Waals surface area contributed by atoms with Crippen LogP contribution < -0.4 is 0 Å². The van der Waals surface area contributed by atoms with Crippen LogP contribution in [0.15, 0.2) is 0 Å². The van der Waals surface area contributed by atoms with E-state index in [2.05, 4.69) is 11.4 Å². The fourth-order valence-corrected chi connectivity index (χ4v) is 2.72. The average Bonchev–Trinajstić information content (AvgIpc) is 2.26. The van der Waals surface area contributed by atoms with Crippen molar-refractivity contribution >= 4 is 31.0 Å². The Labute approximate surface area is 120 Å². The highest BCUT2D eigenvalue weighted by Crippen LogP contribution is 2.50. The fourth-order valence-electron chi connectivity index (χ4n) is 1.32. The topological polar surface area (TPSA) is 55.8 Å². The minimum atomic E-state index is -4.16. The van der Waals surface area contributed by atoms with Crippen LogP contribution in [0.3, 0.4) is 0 Å².